The van der Waals surface area contributed by atoms with Crippen molar-refractivity contribution in [2.75, 3.05) is 10.6 Å². The van der Waals surface area contributed by atoms with Crippen LogP contribution in [-0.4, -0.2) is 23.1 Å². The van der Waals surface area contributed by atoms with Gasteiger partial charge in [0.1, 0.15) is 0 Å². The van der Waals surface area contributed by atoms with Gasteiger partial charge in [-0.15, -0.1) is 0 Å². The first-order chi connectivity index (χ1) is 12.5. The van der Waals surface area contributed by atoms with E-state index in [2.05, 4.69) is 15.8 Å². The van der Waals surface area contributed by atoms with Crippen LogP contribution >= 0.6 is 0 Å². The highest BCUT2D eigenvalue weighted by atomic mass is 16.7. The van der Waals surface area contributed by atoms with Gasteiger partial charge < -0.3 is 15.5 Å². The van der Waals surface area contributed by atoms with Crippen molar-refractivity contribution in [2.24, 2.45) is 5.16 Å². The van der Waals surface area contributed by atoms with E-state index in [-0.39, 0.29) is 11.8 Å². The number of carbonyl (C=O) groups excluding carboxylic acids is 2. The second-order valence-corrected chi connectivity index (χ2v) is 6.78. The van der Waals surface area contributed by atoms with Gasteiger partial charge in [-0.2, -0.15) is 0 Å². The number of carbonyl (C=O) groups is 2. The molecule has 4 rings (SSSR count). The van der Waals surface area contributed by atoms with Crippen LogP contribution in [0.4, 0.5) is 11.4 Å². The minimum absolute atomic E-state index is 0.0201. The van der Waals surface area contributed by atoms with Crippen LogP contribution in [0, 0.1) is 0 Å². The van der Waals surface area contributed by atoms with Crippen molar-refractivity contribution < 1.29 is 14.4 Å². The van der Waals surface area contributed by atoms with E-state index < -0.39 is 5.60 Å². The Balaban J connectivity index is 1.46. The highest BCUT2D eigenvalue weighted by Gasteiger charge is 2.42. The number of benzene rings is 2. The summed E-state index contributed by atoms with van der Waals surface area (Å²) in [5, 5.41) is 9.85. The molecule has 2 heterocycles. The van der Waals surface area contributed by atoms with Gasteiger partial charge in [-0.3, -0.25) is 9.59 Å². The molecule has 6 nitrogen and oxygen atoms in total. The Morgan fingerprint density at radius 3 is 2.81 bits per heavy atom. The fraction of sp³-hybridized carbons (Fsp3) is 0.250. The number of anilines is 2. The van der Waals surface area contributed by atoms with Gasteiger partial charge >= 0.3 is 0 Å². The van der Waals surface area contributed by atoms with Crippen LogP contribution in [0.25, 0.3) is 0 Å². The monoisotopic (exact) mass is 349 g/mol. The highest BCUT2D eigenvalue weighted by molar-refractivity contribution is 6.08. The zero-order chi connectivity index (χ0) is 18.1. The number of nitrogens with zero attached hydrogens (tertiary/aromatic N) is 1. The fourth-order valence-electron chi connectivity index (χ4n) is 3.17. The van der Waals surface area contributed by atoms with Crippen LogP contribution < -0.4 is 10.6 Å². The number of hydrogen-bond donors (Lipinski definition) is 2. The first-order valence-corrected chi connectivity index (χ1v) is 8.58. The smallest absolute Gasteiger partial charge is 0.271 e. The van der Waals surface area contributed by atoms with Gasteiger partial charge in [0.25, 0.3) is 5.91 Å². The molecule has 2 aromatic carbocycles. The average Bonchev–Trinajstić information content (AvgIpc) is 3.06. The van der Waals surface area contributed by atoms with Crippen LogP contribution in [0.1, 0.15) is 30.9 Å². The lowest BCUT2D eigenvalue weighted by Gasteiger charge is -2.22. The molecule has 0 saturated heterocycles. The van der Waals surface area contributed by atoms with Gasteiger partial charge in [-0.1, -0.05) is 35.5 Å². The summed E-state index contributed by atoms with van der Waals surface area (Å²) in [5.74, 6) is -0.223. The molecule has 0 saturated carbocycles. The number of oxime groups is 1. The van der Waals surface area contributed by atoms with E-state index >= 15 is 0 Å². The van der Waals surface area contributed by atoms with Crippen LogP contribution in [0.3, 0.4) is 0 Å². The lowest BCUT2D eigenvalue weighted by atomic mass is 9.95. The van der Waals surface area contributed by atoms with Crippen molar-refractivity contribution in [3.63, 3.8) is 0 Å². The second-order valence-electron chi connectivity index (χ2n) is 6.78. The largest absolute Gasteiger partial charge is 0.379 e. The van der Waals surface area contributed by atoms with E-state index in [0.717, 1.165) is 22.5 Å². The number of rotatable bonds is 3. The maximum absolute atomic E-state index is 12.8. The average molecular weight is 349 g/mol. The van der Waals surface area contributed by atoms with Crippen molar-refractivity contribution in [1.29, 1.82) is 0 Å². The predicted molar refractivity (Wildman–Crippen MR) is 99.1 cm³/mol. The quantitative estimate of drug-likeness (QED) is 0.894. The molecular formula is C20H19N3O3. The van der Waals surface area contributed by atoms with Gasteiger partial charge in [-0.05, 0) is 42.7 Å². The van der Waals surface area contributed by atoms with E-state index in [9.17, 15) is 9.59 Å². The number of fused-ring (bicyclic) bond motifs is 1. The Morgan fingerprint density at radius 2 is 2.00 bits per heavy atom. The Hall–Kier alpha value is -3.15. The second kappa shape index (κ2) is 6.29. The van der Waals surface area contributed by atoms with Gasteiger partial charge in [0.2, 0.25) is 11.5 Å². The number of hydrogen-bond acceptors (Lipinski definition) is 4. The number of amides is 2. The summed E-state index contributed by atoms with van der Waals surface area (Å²) in [6.07, 6.45) is 1.53. The minimum atomic E-state index is -1.05. The SMILES string of the molecule is CC1(C(=O)Nc2ccc3c(c2)CCC(=O)N3)CC(c2ccccc2)=NO1. The Morgan fingerprint density at radius 1 is 1.19 bits per heavy atom. The molecule has 2 N–H and O–H groups in total. The molecule has 0 aromatic heterocycles. The van der Waals surface area contributed by atoms with Gasteiger partial charge in [0.05, 0.1) is 5.71 Å². The molecule has 6 heteroatoms. The first-order valence-electron chi connectivity index (χ1n) is 8.58. The number of nitrogens with one attached hydrogen (secondary N) is 2. The van der Waals surface area contributed by atoms with Crippen LogP contribution in [0.15, 0.2) is 53.7 Å². The zero-order valence-electron chi connectivity index (χ0n) is 14.4. The third kappa shape index (κ3) is 3.06. The minimum Gasteiger partial charge on any atom is -0.379 e. The molecule has 132 valence electrons. The predicted octanol–water partition coefficient (Wildman–Crippen LogP) is 3.09. The summed E-state index contributed by atoms with van der Waals surface area (Å²) in [4.78, 5) is 29.7. The lowest BCUT2D eigenvalue weighted by molar-refractivity contribution is -0.135. The van der Waals surface area contributed by atoms with Crippen molar-refractivity contribution in [1.82, 2.24) is 0 Å². The van der Waals surface area contributed by atoms with Gasteiger partial charge in [0.15, 0.2) is 0 Å². The molecule has 1 unspecified atom stereocenters. The summed E-state index contributed by atoms with van der Waals surface area (Å²) in [5.41, 5.74) is 3.17. The van der Waals surface area contributed by atoms with E-state index in [1.807, 2.05) is 42.5 Å². The maximum Gasteiger partial charge on any atom is 0.271 e. The molecule has 2 aliphatic rings. The molecule has 2 aliphatic heterocycles. The van der Waals surface area contributed by atoms with Crippen LogP contribution in [-0.2, 0) is 20.8 Å². The lowest BCUT2D eigenvalue weighted by Crippen LogP contribution is -2.40. The molecule has 2 amide bonds. The molecule has 2 aromatic rings. The highest BCUT2D eigenvalue weighted by Crippen LogP contribution is 2.30. The summed E-state index contributed by atoms with van der Waals surface area (Å²) >= 11 is 0. The Kier molecular flexibility index (Phi) is 3.95. The molecule has 0 spiro atoms. The van der Waals surface area contributed by atoms with Gasteiger partial charge in [-0.25, -0.2) is 0 Å². The Labute approximate surface area is 151 Å². The molecular weight excluding hydrogens is 330 g/mol. The van der Waals surface area contributed by atoms with E-state index in [1.54, 1.807) is 13.0 Å². The molecule has 26 heavy (non-hydrogen) atoms. The number of aryl methyl sites for hydroxylation is 1. The van der Waals surface area contributed by atoms with Crippen molar-refractivity contribution >= 4 is 28.9 Å². The van der Waals surface area contributed by atoms with Crippen molar-refractivity contribution in [3.8, 4) is 0 Å². The Bertz CT molecular complexity index is 908. The van der Waals surface area contributed by atoms with Gasteiger partial charge in [0, 0.05) is 24.2 Å². The summed E-state index contributed by atoms with van der Waals surface area (Å²) in [6.45, 7) is 1.74. The topological polar surface area (TPSA) is 79.8 Å². The fourth-order valence-corrected chi connectivity index (χ4v) is 3.17. The first kappa shape index (κ1) is 16.3. The van der Waals surface area contributed by atoms with Crippen LogP contribution in [0.5, 0.6) is 0 Å². The molecule has 1 atom stereocenters. The standard InChI is InChI=1S/C20H19N3O3/c1-20(12-17(23-26-20)13-5-3-2-4-6-13)19(25)21-15-8-9-16-14(11-15)7-10-18(24)22-16/h2-6,8-9,11H,7,10,12H2,1H3,(H,21,25)(H,22,24). The van der Waals surface area contributed by atoms with E-state index in [0.29, 0.717) is 24.9 Å². The van der Waals surface area contributed by atoms with Crippen molar-refractivity contribution in [3.05, 3.63) is 59.7 Å². The maximum atomic E-state index is 12.8. The van der Waals surface area contributed by atoms with Crippen molar-refractivity contribution in [2.45, 2.75) is 31.8 Å². The summed E-state index contributed by atoms with van der Waals surface area (Å²) < 4.78 is 0. The van der Waals surface area contributed by atoms with E-state index in [4.69, 9.17) is 4.84 Å². The summed E-state index contributed by atoms with van der Waals surface area (Å²) in [7, 11) is 0. The zero-order valence-corrected chi connectivity index (χ0v) is 14.4. The third-order valence-corrected chi connectivity index (χ3v) is 4.71. The third-order valence-electron chi connectivity index (χ3n) is 4.71. The molecule has 0 radical (unpaired) electrons. The molecule has 0 aliphatic carbocycles. The summed E-state index contributed by atoms with van der Waals surface area (Å²) in [6, 6.07) is 15.2. The normalized spacial score (nSPS) is 21.3. The molecule has 0 fully saturated rings. The molecule has 0 bridgehead atoms. The van der Waals surface area contributed by atoms with E-state index in [1.165, 1.54) is 0 Å². The van der Waals surface area contributed by atoms with Crippen LogP contribution in [0.2, 0.25) is 0 Å².